The molecule has 1 amide bonds. The number of carbonyl (C=O) groups excluding carboxylic acids is 1. The van der Waals surface area contributed by atoms with E-state index in [0.29, 0.717) is 18.1 Å². The summed E-state index contributed by atoms with van der Waals surface area (Å²) in [5.74, 6) is 1.54. The molecular formula is C25H34N8O2. The number of aromatic nitrogens is 3. The predicted molar refractivity (Wildman–Crippen MR) is 137 cm³/mol. The molecule has 1 aromatic carbocycles. The molecule has 2 aromatic rings. The molecule has 10 nitrogen and oxygen atoms in total. The van der Waals surface area contributed by atoms with Crippen molar-refractivity contribution in [2.75, 3.05) is 52.9 Å². The molecule has 3 aliphatic rings. The number of hydrazone groups is 1. The molecule has 1 unspecified atom stereocenters. The third kappa shape index (κ3) is 5.22. The number of hydrogen-bond donors (Lipinski definition) is 2. The molecule has 0 saturated carbocycles. The Morgan fingerprint density at radius 3 is 2.00 bits per heavy atom. The van der Waals surface area contributed by atoms with E-state index >= 15 is 0 Å². The van der Waals surface area contributed by atoms with Crippen molar-refractivity contribution in [3.8, 4) is 0 Å². The minimum atomic E-state index is -0.357. The minimum absolute atomic E-state index is 0.0370. The van der Waals surface area contributed by atoms with Crippen molar-refractivity contribution in [1.29, 1.82) is 0 Å². The molecule has 2 N–H and O–H groups in total. The fraction of sp³-hybridized carbons (Fsp3) is 0.560. The van der Waals surface area contributed by atoms with Crippen molar-refractivity contribution in [2.45, 2.75) is 51.9 Å². The second kappa shape index (κ2) is 10.6. The first kappa shape index (κ1) is 23.5. The van der Waals surface area contributed by atoms with Crippen LogP contribution < -0.4 is 20.1 Å². The molecule has 2 saturated heterocycles. The van der Waals surface area contributed by atoms with E-state index in [1.54, 1.807) is 0 Å². The van der Waals surface area contributed by atoms with E-state index in [0.717, 1.165) is 75.2 Å². The van der Waals surface area contributed by atoms with Crippen molar-refractivity contribution < 1.29 is 9.90 Å². The van der Waals surface area contributed by atoms with E-state index in [1.165, 1.54) is 17.9 Å². The number of nitrogens with one attached hydrogen (secondary N) is 1. The number of carbonyl (C=O) groups is 1. The maximum absolute atomic E-state index is 12.7. The molecule has 1 aromatic heterocycles. The van der Waals surface area contributed by atoms with Gasteiger partial charge in [0.1, 0.15) is 0 Å². The van der Waals surface area contributed by atoms with Gasteiger partial charge in [-0.2, -0.15) is 20.1 Å². The standard InChI is InChI=1S/C25H34N8O2/c1-18-21(12-17-34)22(35)33(30-18)20-10-8-19(9-11-20)26-23-27-24(31-13-4-2-5-14-31)29-25(28-23)32-15-6-3-7-16-32/h8-11,21,34H,2-7,12-17H2,1H3,(H,26,27,28,29). The van der Waals surface area contributed by atoms with Crippen LogP contribution in [0.3, 0.4) is 0 Å². The van der Waals surface area contributed by atoms with Gasteiger partial charge >= 0.3 is 0 Å². The number of rotatable bonds is 7. The molecule has 0 bridgehead atoms. The van der Waals surface area contributed by atoms with Crippen LogP contribution >= 0.6 is 0 Å². The van der Waals surface area contributed by atoms with Crippen molar-refractivity contribution in [2.24, 2.45) is 11.0 Å². The quantitative estimate of drug-likeness (QED) is 0.624. The first-order valence-electron chi connectivity index (χ1n) is 12.8. The van der Waals surface area contributed by atoms with Gasteiger partial charge in [-0.25, -0.2) is 5.01 Å². The van der Waals surface area contributed by atoms with Crippen molar-refractivity contribution in [3.63, 3.8) is 0 Å². The number of hydrogen-bond acceptors (Lipinski definition) is 9. The van der Waals surface area contributed by atoms with E-state index in [9.17, 15) is 9.90 Å². The summed E-state index contributed by atoms with van der Waals surface area (Å²) in [6.07, 6.45) is 7.53. The maximum Gasteiger partial charge on any atom is 0.256 e. The van der Waals surface area contributed by atoms with Gasteiger partial charge < -0.3 is 20.2 Å². The third-order valence-corrected chi connectivity index (χ3v) is 6.94. The van der Waals surface area contributed by atoms with Gasteiger partial charge in [-0.15, -0.1) is 0 Å². The first-order valence-corrected chi connectivity index (χ1v) is 12.8. The summed E-state index contributed by atoms with van der Waals surface area (Å²) in [7, 11) is 0. The number of nitrogens with zero attached hydrogens (tertiary/aromatic N) is 7. The Morgan fingerprint density at radius 1 is 0.886 bits per heavy atom. The molecular weight excluding hydrogens is 444 g/mol. The Labute approximate surface area is 206 Å². The summed E-state index contributed by atoms with van der Waals surface area (Å²) in [4.78, 5) is 31.6. The molecule has 10 heteroatoms. The number of benzene rings is 1. The van der Waals surface area contributed by atoms with Crippen LogP contribution in [0, 0.1) is 5.92 Å². The van der Waals surface area contributed by atoms with Crippen LogP contribution in [0.5, 0.6) is 0 Å². The third-order valence-electron chi connectivity index (χ3n) is 6.94. The highest BCUT2D eigenvalue weighted by Gasteiger charge is 2.33. The van der Waals surface area contributed by atoms with Crippen molar-refractivity contribution in [1.82, 2.24) is 15.0 Å². The van der Waals surface area contributed by atoms with Gasteiger partial charge in [0.15, 0.2) is 0 Å². The van der Waals surface area contributed by atoms with Gasteiger partial charge in [-0.1, -0.05) is 0 Å². The molecule has 0 radical (unpaired) electrons. The fourth-order valence-electron chi connectivity index (χ4n) is 4.94. The van der Waals surface area contributed by atoms with Gasteiger partial charge in [-0.05, 0) is 76.1 Å². The number of amides is 1. The Kier molecular flexibility index (Phi) is 7.08. The van der Waals surface area contributed by atoms with Gasteiger partial charge in [0.25, 0.3) is 5.91 Å². The van der Waals surface area contributed by atoms with Crippen molar-refractivity contribution >= 4 is 40.8 Å². The highest BCUT2D eigenvalue weighted by molar-refractivity contribution is 6.14. The SMILES string of the molecule is CC1=NN(c2ccc(Nc3nc(N4CCCCC4)nc(N4CCCCC4)n3)cc2)C(=O)C1CCO. The summed E-state index contributed by atoms with van der Waals surface area (Å²) in [5.41, 5.74) is 2.25. The summed E-state index contributed by atoms with van der Waals surface area (Å²) < 4.78 is 0. The first-order chi connectivity index (χ1) is 17.1. The van der Waals surface area contributed by atoms with Gasteiger partial charge in [0.2, 0.25) is 17.8 Å². The fourth-order valence-corrected chi connectivity index (χ4v) is 4.94. The number of aliphatic hydroxyl groups is 1. The lowest BCUT2D eigenvalue weighted by Crippen LogP contribution is -2.34. The molecule has 2 fully saturated rings. The maximum atomic E-state index is 12.7. The van der Waals surface area contributed by atoms with Gasteiger partial charge in [0.05, 0.1) is 11.6 Å². The van der Waals surface area contributed by atoms with Crippen LogP contribution in [-0.2, 0) is 4.79 Å². The summed E-state index contributed by atoms with van der Waals surface area (Å²) >= 11 is 0. The Morgan fingerprint density at radius 2 is 1.46 bits per heavy atom. The lowest BCUT2D eigenvalue weighted by atomic mass is 10.0. The minimum Gasteiger partial charge on any atom is -0.396 e. The molecule has 0 aliphatic carbocycles. The summed E-state index contributed by atoms with van der Waals surface area (Å²) in [5, 5.41) is 18.4. The average Bonchev–Trinajstić information content (AvgIpc) is 3.19. The number of aliphatic hydroxyl groups excluding tert-OH is 1. The van der Waals surface area contributed by atoms with Crippen LogP contribution in [0.2, 0.25) is 0 Å². The zero-order chi connectivity index (χ0) is 24.2. The molecule has 186 valence electrons. The van der Waals surface area contributed by atoms with Crippen LogP contribution in [0.15, 0.2) is 29.4 Å². The summed E-state index contributed by atoms with van der Waals surface area (Å²) in [6, 6.07) is 7.52. The Balaban J connectivity index is 1.35. The highest BCUT2D eigenvalue weighted by Crippen LogP contribution is 2.28. The second-order valence-corrected chi connectivity index (χ2v) is 9.48. The van der Waals surface area contributed by atoms with E-state index in [-0.39, 0.29) is 18.4 Å². The van der Waals surface area contributed by atoms with Crippen LogP contribution in [0.25, 0.3) is 0 Å². The molecule has 3 aliphatic heterocycles. The summed E-state index contributed by atoms with van der Waals surface area (Å²) in [6.45, 7) is 5.67. The number of anilines is 5. The Hall–Kier alpha value is -3.27. The predicted octanol–water partition coefficient (Wildman–Crippen LogP) is 3.32. The molecule has 5 rings (SSSR count). The zero-order valence-corrected chi connectivity index (χ0v) is 20.4. The van der Waals surface area contributed by atoms with Gasteiger partial charge in [-0.3, -0.25) is 4.79 Å². The largest absolute Gasteiger partial charge is 0.396 e. The van der Waals surface area contributed by atoms with Crippen LogP contribution in [0.4, 0.5) is 29.2 Å². The smallest absolute Gasteiger partial charge is 0.256 e. The molecule has 35 heavy (non-hydrogen) atoms. The van der Waals surface area contributed by atoms with Gasteiger partial charge in [0, 0.05) is 44.2 Å². The average molecular weight is 479 g/mol. The Bertz CT molecular complexity index is 1030. The van der Waals surface area contributed by atoms with E-state index in [1.807, 2.05) is 31.2 Å². The zero-order valence-electron chi connectivity index (χ0n) is 20.4. The van der Waals surface area contributed by atoms with Crippen LogP contribution in [0.1, 0.15) is 51.9 Å². The topological polar surface area (TPSA) is 110 Å². The highest BCUT2D eigenvalue weighted by atomic mass is 16.3. The lowest BCUT2D eigenvalue weighted by Gasteiger charge is -2.30. The van der Waals surface area contributed by atoms with Crippen LogP contribution in [-0.4, -0.2) is 64.5 Å². The van der Waals surface area contributed by atoms with E-state index in [2.05, 4.69) is 20.2 Å². The second-order valence-electron chi connectivity index (χ2n) is 9.48. The van der Waals surface area contributed by atoms with E-state index < -0.39 is 0 Å². The lowest BCUT2D eigenvalue weighted by molar-refractivity contribution is -0.120. The normalized spacial score (nSPS) is 20.9. The molecule has 0 spiro atoms. The molecule has 1 atom stereocenters. The number of piperidine rings is 2. The van der Waals surface area contributed by atoms with E-state index in [4.69, 9.17) is 15.0 Å². The van der Waals surface area contributed by atoms with Crippen molar-refractivity contribution in [3.05, 3.63) is 24.3 Å². The molecule has 4 heterocycles. The monoisotopic (exact) mass is 478 g/mol.